The van der Waals surface area contributed by atoms with E-state index in [1.54, 1.807) is 0 Å². The Bertz CT molecular complexity index is 449. The third kappa shape index (κ3) is 2.80. The van der Waals surface area contributed by atoms with E-state index in [-0.39, 0.29) is 18.1 Å². The molecule has 102 valence electrons. The molecule has 2 heterocycles. The maximum absolute atomic E-state index is 12.1. The van der Waals surface area contributed by atoms with E-state index < -0.39 is 6.04 Å². The van der Waals surface area contributed by atoms with Crippen molar-refractivity contribution < 1.29 is 9.53 Å². The normalized spacial score (nSPS) is 30.3. The molecule has 3 N–H and O–H groups in total. The molecular weight excluding hydrogens is 240 g/mol. The van der Waals surface area contributed by atoms with Crippen LogP contribution in [0.5, 0.6) is 0 Å². The number of nitrogens with two attached hydrogens (primary N) is 1. The zero-order valence-corrected chi connectivity index (χ0v) is 10.9. The summed E-state index contributed by atoms with van der Waals surface area (Å²) in [6, 6.07) is 9.55. The second kappa shape index (κ2) is 5.31. The van der Waals surface area contributed by atoms with E-state index in [0.717, 1.165) is 24.8 Å². The second-order valence-corrected chi connectivity index (χ2v) is 5.52. The van der Waals surface area contributed by atoms with Crippen LogP contribution in [0, 0.1) is 0 Å². The lowest BCUT2D eigenvalue weighted by atomic mass is 9.95. The maximum atomic E-state index is 12.1. The minimum Gasteiger partial charge on any atom is -0.373 e. The van der Waals surface area contributed by atoms with Gasteiger partial charge in [0, 0.05) is 0 Å². The van der Waals surface area contributed by atoms with Crippen molar-refractivity contribution in [2.24, 2.45) is 5.73 Å². The van der Waals surface area contributed by atoms with Crippen molar-refractivity contribution in [1.82, 2.24) is 5.32 Å². The lowest BCUT2D eigenvalue weighted by molar-refractivity contribution is -0.123. The molecule has 4 atom stereocenters. The average Bonchev–Trinajstić information content (AvgIpc) is 3.02. The Morgan fingerprint density at radius 2 is 2.16 bits per heavy atom. The Labute approximate surface area is 113 Å². The van der Waals surface area contributed by atoms with Crippen LogP contribution in [0.3, 0.4) is 0 Å². The first-order valence-electron chi connectivity index (χ1n) is 6.98. The van der Waals surface area contributed by atoms with Crippen LogP contribution in [0.2, 0.25) is 0 Å². The van der Waals surface area contributed by atoms with E-state index in [9.17, 15) is 4.79 Å². The van der Waals surface area contributed by atoms with E-state index in [1.165, 1.54) is 0 Å². The highest BCUT2D eigenvalue weighted by Crippen LogP contribution is 2.34. The van der Waals surface area contributed by atoms with Crippen LogP contribution < -0.4 is 11.1 Å². The number of ether oxygens (including phenoxy) is 1. The molecule has 0 aromatic heterocycles. The Morgan fingerprint density at radius 3 is 2.79 bits per heavy atom. The number of rotatable bonds is 4. The van der Waals surface area contributed by atoms with E-state index in [2.05, 4.69) is 5.32 Å². The van der Waals surface area contributed by atoms with Crippen LogP contribution in [-0.2, 0) is 16.0 Å². The molecule has 4 nitrogen and oxygen atoms in total. The molecule has 3 rings (SSSR count). The summed E-state index contributed by atoms with van der Waals surface area (Å²) >= 11 is 0. The maximum Gasteiger partial charge on any atom is 0.237 e. The number of hydrogen-bond donors (Lipinski definition) is 2. The van der Waals surface area contributed by atoms with Gasteiger partial charge in [0.15, 0.2) is 0 Å². The van der Waals surface area contributed by atoms with E-state index in [1.807, 2.05) is 30.3 Å². The van der Waals surface area contributed by atoms with Crippen LogP contribution in [0.1, 0.15) is 24.8 Å². The Morgan fingerprint density at radius 1 is 1.37 bits per heavy atom. The molecule has 4 heteroatoms. The first kappa shape index (κ1) is 12.6. The molecule has 2 bridgehead atoms. The molecular formula is C15H20N2O2. The van der Waals surface area contributed by atoms with Gasteiger partial charge >= 0.3 is 0 Å². The van der Waals surface area contributed by atoms with Crippen molar-refractivity contribution in [2.75, 3.05) is 0 Å². The highest BCUT2D eigenvalue weighted by atomic mass is 16.5. The quantitative estimate of drug-likeness (QED) is 0.848. The van der Waals surface area contributed by atoms with Crippen molar-refractivity contribution in [3.05, 3.63) is 35.9 Å². The van der Waals surface area contributed by atoms with Crippen LogP contribution >= 0.6 is 0 Å². The fourth-order valence-electron chi connectivity index (χ4n) is 3.04. The van der Waals surface area contributed by atoms with Crippen molar-refractivity contribution in [3.8, 4) is 0 Å². The van der Waals surface area contributed by atoms with Crippen molar-refractivity contribution in [2.45, 2.75) is 50.0 Å². The van der Waals surface area contributed by atoms with Gasteiger partial charge in [0.25, 0.3) is 0 Å². The van der Waals surface area contributed by atoms with Gasteiger partial charge in [-0.2, -0.15) is 0 Å². The first-order valence-corrected chi connectivity index (χ1v) is 6.98. The van der Waals surface area contributed by atoms with Crippen molar-refractivity contribution >= 4 is 5.91 Å². The Kier molecular flexibility index (Phi) is 3.53. The van der Waals surface area contributed by atoms with Crippen molar-refractivity contribution in [3.63, 3.8) is 0 Å². The second-order valence-electron chi connectivity index (χ2n) is 5.52. The standard InChI is InChI=1S/C15H20N2O2/c16-12(8-10-4-2-1-3-5-10)15(18)17-13-9-11-6-7-14(13)19-11/h1-5,11-14H,6-9,16H2,(H,17,18). The van der Waals surface area contributed by atoms with Gasteiger partial charge in [0.1, 0.15) is 0 Å². The molecule has 1 amide bonds. The third-order valence-electron chi connectivity index (χ3n) is 4.07. The molecule has 1 aromatic rings. The number of nitrogens with one attached hydrogen (secondary N) is 1. The Hall–Kier alpha value is -1.39. The van der Waals surface area contributed by atoms with Gasteiger partial charge in [0.2, 0.25) is 5.91 Å². The molecule has 19 heavy (non-hydrogen) atoms. The average molecular weight is 260 g/mol. The molecule has 0 aliphatic carbocycles. The molecule has 4 unspecified atom stereocenters. The molecule has 0 spiro atoms. The zero-order valence-electron chi connectivity index (χ0n) is 10.9. The van der Waals surface area contributed by atoms with Gasteiger partial charge < -0.3 is 15.8 Å². The van der Waals surface area contributed by atoms with E-state index in [0.29, 0.717) is 12.5 Å². The SMILES string of the molecule is NC(Cc1ccccc1)C(=O)NC1CC2CCC1O2. The van der Waals surface area contributed by atoms with Gasteiger partial charge in [-0.1, -0.05) is 30.3 Å². The summed E-state index contributed by atoms with van der Waals surface area (Å²) in [6.45, 7) is 0. The largest absolute Gasteiger partial charge is 0.373 e. The lowest BCUT2D eigenvalue weighted by Crippen LogP contribution is -2.49. The van der Waals surface area contributed by atoms with Gasteiger partial charge in [-0.3, -0.25) is 4.79 Å². The van der Waals surface area contributed by atoms with Gasteiger partial charge in [-0.15, -0.1) is 0 Å². The number of carbonyl (C=O) groups is 1. The van der Waals surface area contributed by atoms with Crippen LogP contribution in [0.4, 0.5) is 0 Å². The van der Waals surface area contributed by atoms with Crippen LogP contribution in [0.25, 0.3) is 0 Å². The monoisotopic (exact) mass is 260 g/mol. The number of carbonyl (C=O) groups excluding carboxylic acids is 1. The number of amides is 1. The summed E-state index contributed by atoms with van der Waals surface area (Å²) in [5.74, 6) is -0.0648. The molecule has 2 aliphatic rings. The molecule has 0 radical (unpaired) electrons. The summed E-state index contributed by atoms with van der Waals surface area (Å²) in [6.07, 6.45) is 4.26. The fourth-order valence-corrected chi connectivity index (χ4v) is 3.04. The molecule has 0 saturated carbocycles. The predicted molar refractivity (Wildman–Crippen MR) is 72.6 cm³/mol. The van der Waals surface area contributed by atoms with Gasteiger partial charge in [0.05, 0.1) is 24.3 Å². The number of benzene rings is 1. The number of fused-ring (bicyclic) bond motifs is 2. The van der Waals surface area contributed by atoms with Crippen LogP contribution in [-0.4, -0.2) is 30.2 Å². The molecule has 1 aromatic carbocycles. The first-order chi connectivity index (χ1) is 9.22. The van der Waals surface area contributed by atoms with E-state index in [4.69, 9.17) is 10.5 Å². The molecule has 2 aliphatic heterocycles. The highest BCUT2D eigenvalue weighted by Gasteiger charge is 2.41. The fraction of sp³-hybridized carbons (Fsp3) is 0.533. The lowest BCUT2D eigenvalue weighted by Gasteiger charge is -2.22. The van der Waals surface area contributed by atoms with Gasteiger partial charge in [-0.05, 0) is 31.2 Å². The topological polar surface area (TPSA) is 64.4 Å². The number of hydrogen-bond acceptors (Lipinski definition) is 3. The summed E-state index contributed by atoms with van der Waals surface area (Å²) in [7, 11) is 0. The minimum atomic E-state index is -0.485. The molecule has 2 saturated heterocycles. The predicted octanol–water partition coefficient (Wildman–Crippen LogP) is 0.992. The highest BCUT2D eigenvalue weighted by molar-refractivity contribution is 5.82. The van der Waals surface area contributed by atoms with Gasteiger partial charge in [-0.25, -0.2) is 0 Å². The smallest absolute Gasteiger partial charge is 0.237 e. The minimum absolute atomic E-state index is 0.0648. The molecule has 2 fully saturated rings. The third-order valence-corrected chi connectivity index (χ3v) is 4.07. The summed E-state index contributed by atoms with van der Waals surface area (Å²) in [5.41, 5.74) is 7.06. The van der Waals surface area contributed by atoms with E-state index >= 15 is 0 Å². The summed E-state index contributed by atoms with van der Waals surface area (Å²) in [4.78, 5) is 12.1. The van der Waals surface area contributed by atoms with Crippen LogP contribution in [0.15, 0.2) is 30.3 Å². The summed E-state index contributed by atoms with van der Waals surface area (Å²) < 4.78 is 5.73. The van der Waals surface area contributed by atoms with Crippen molar-refractivity contribution in [1.29, 1.82) is 0 Å². The zero-order chi connectivity index (χ0) is 13.2. The Balaban J connectivity index is 1.53. The summed E-state index contributed by atoms with van der Waals surface area (Å²) in [5, 5.41) is 3.04.